The standard InChI is InChI=1S/C18H20ClFN4O2/c1-10(2)15-9-26-18(25)24(15)16-14(20)8-21-17(23-16)22-11(3)12-4-6-13(19)7-5-12/h4-8,10-11,15H,9H2,1-3H3,(H,21,22,23)/t11-,15+/m0/s1. The Morgan fingerprint density at radius 2 is 2.00 bits per heavy atom. The molecule has 1 aromatic heterocycles. The summed E-state index contributed by atoms with van der Waals surface area (Å²) in [6.07, 6.45) is 0.459. The van der Waals surface area contributed by atoms with E-state index in [1.165, 1.54) is 4.90 Å². The second-order valence-corrected chi connectivity index (χ2v) is 6.98. The van der Waals surface area contributed by atoms with Crippen molar-refractivity contribution >= 4 is 29.5 Å². The number of nitrogens with one attached hydrogen (secondary N) is 1. The Hall–Kier alpha value is -2.41. The van der Waals surface area contributed by atoms with Crippen LogP contribution in [0, 0.1) is 11.7 Å². The molecule has 0 spiro atoms. The van der Waals surface area contributed by atoms with Gasteiger partial charge in [-0.25, -0.2) is 14.2 Å². The SMILES string of the molecule is CC(C)[C@H]1COC(=O)N1c1nc(N[C@@H](C)c2ccc(Cl)cc2)ncc1F. The fraction of sp³-hybridized carbons (Fsp3) is 0.389. The fourth-order valence-electron chi connectivity index (χ4n) is 2.80. The number of carbonyl (C=O) groups is 1. The van der Waals surface area contributed by atoms with Crippen molar-refractivity contribution in [2.75, 3.05) is 16.8 Å². The van der Waals surface area contributed by atoms with Crippen molar-refractivity contribution in [3.63, 3.8) is 0 Å². The van der Waals surface area contributed by atoms with Crippen LogP contribution in [0.5, 0.6) is 0 Å². The van der Waals surface area contributed by atoms with Gasteiger partial charge in [0.2, 0.25) is 5.95 Å². The molecule has 1 saturated heterocycles. The van der Waals surface area contributed by atoms with Gasteiger partial charge in [-0.2, -0.15) is 4.98 Å². The van der Waals surface area contributed by atoms with Crippen LogP contribution in [-0.2, 0) is 4.74 Å². The van der Waals surface area contributed by atoms with Crippen LogP contribution in [0.15, 0.2) is 30.5 Å². The van der Waals surface area contributed by atoms with E-state index in [2.05, 4.69) is 15.3 Å². The van der Waals surface area contributed by atoms with Gasteiger partial charge in [0.25, 0.3) is 0 Å². The Bertz CT molecular complexity index is 800. The van der Waals surface area contributed by atoms with Crippen LogP contribution in [0.2, 0.25) is 5.02 Å². The van der Waals surface area contributed by atoms with E-state index in [0.29, 0.717) is 5.02 Å². The van der Waals surface area contributed by atoms with Crippen molar-refractivity contribution in [1.29, 1.82) is 0 Å². The maximum Gasteiger partial charge on any atom is 0.416 e. The predicted octanol–water partition coefficient (Wildman–Crippen LogP) is 4.42. The fourth-order valence-corrected chi connectivity index (χ4v) is 2.92. The van der Waals surface area contributed by atoms with Crippen LogP contribution < -0.4 is 10.2 Å². The van der Waals surface area contributed by atoms with Gasteiger partial charge >= 0.3 is 6.09 Å². The number of benzene rings is 1. The molecular formula is C18H20ClFN4O2. The number of nitrogens with zero attached hydrogens (tertiary/aromatic N) is 3. The van der Waals surface area contributed by atoms with Crippen LogP contribution in [0.1, 0.15) is 32.4 Å². The highest BCUT2D eigenvalue weighted by atomic mass is 35.5. The van der Waals surface area contributed by atoms with E-state index < -0.39 is 11.9 Å². The summed E-state index contributed by atoms with van der Waals surface area (Å²) < 4.78 is 19.4. The molecular weight excluding hydrogens is 359 g/mol. The third-order valence-corrected chi connectivity index (χ3v) is 4.60. The molecule has 1 aliphatic heterocycles. The Labute approximate surface area is 156 Å². The lowest BCUT2D eigenvalue weighted by Crippen LogP contribution is -2.38. The zero-order valence-electron chi connectivity index (χ0n) is 14.7. The summed E-state index contributed by atoms with van der Waals surface area (Å²) in [6.45, 7) is 6.03. The largest absolute Gasteiger partial charge is 0.447 e. The van der Waals surface area contributed by atoms with Gasteiger partial charge < -0.3 is 10.1 Å². The summed E-state index contributed by atoms with van der Waals surface area (Å²) in [5.74, 6) is -0.419. The third kappa shape index (κ3) is 3.72. The molecule has 1 N–H and O–H groups in total. The van der Waals surface area contributed by atoms with E-state index in [0.717, 1.165) is 11.8 Å². The Balaban J connectivity index is 1.85. The van der Waals surface area contributed by atoms with Crippen molar-refractivity contribution in [2.45, 2.75) is 32.9 Å². The highest BCUT2D eigenvalue weighted by Gasteiger charge is 2.38. The highest BCUT2D eigenvalue weighted by Crippen LogP contribution is 2.29. The van der Waals surface area contributed by atoms with E-state index in [1.807, 2.05) is 32.9 Å². The molecule has 0 radical (unpaired) electrons. The van der Waals surface area contributed by atoms with Gasteiger partial charge in [0.15, 0.2) is 11.6 Å². The second-order valence-electron chi connectivity index (χ2n) is 6.54. The van der Waals surface area contributed by atoms with Gasteiger partial charge in [0.1, 0.15) is 6.61 Å². The lowest BCUT2D eigenvalue weighted by molar-refractivity contribution is 0.177. The summed E-state index contributed by atoms with van der Waals surface area (Å²) in [4.78, 5) is 21.5. The molecule has 2 aromatic rings. The van der Waals surface area contributed by atoms with Crippen LogP contribution in [0.25, 0.3) is 0 Å². The van der Waals surface area contributed by atoms with E-state index in [-0.39, 0.29) is 36.4 Å². The molecule has 0 saturated carbocycles. The zero-order chi connectivity index (χ0) is 18.8. The number of anilines is 2. The smallest absolute Gasteiger partial charge is 0.416 e. The number of rotatable bonds is 5. The normalized spacial score (nSPS) is 18.2. The average Bonchev–Trinajstić information content (AvgIpc) is 2.99. The molecule has 2 heterocycles. The van der Waals surface area contributed by atoms with E-state index in [4.69, 9.17) is 16.3 Å². The molecule has 8 heteroatoms. The quantitative estimate of drug-likeness (QED) is 0.833. The molecule has 0 unspecified atom stereocenters. The topological polar surface area (TPSA) is 67.3 Å². The lowest BCUT2D eigenvalue weighted by atomic mass is 10.0. The number of ether oxygens (including phenoxy) is 1. The number of hydrogen-bond donors (Lipinski definition) is 1. The molecule has 1 aliphatic rings. The number of halogens is 2. The molecule has 26 heavy (non-hydrogen) atoms. The summed E-state index contributed by atoms with van der Waals surface area (Å²) in [7, 11) is 0. The number of aromatic nitrogens is 2. The molecule has 0 aliphatic carbocycles. The van der Waals surface area contributed by atoms with E-state index >= 15 is 0 Å². The minimum atomic E-state index is -0.667. The van der Waals surface area contributed by atoms with Gasteiger partial charge in [0, 0.05) is 5.02 Å². The van der Waals surface area contributed by atoms with Crippen molar-refractivity contribution in [1.82, 2.24) is 9.97 Å². The third-order valence-electron chi connectivity index (χ3n) is 4.34. The summed E-state index contributed by atoms with van der Waals surface area (Å²) >= 11 is 5.90. The first-order chi connectivity index (χ1) is 12.4. The van der Waals surface area contributed by atoms with E-state index in [1.54, 1.807) is 12.1 Å². The molecule has 138 valence electrons. The van der Waals surface area contributed by atoms with Crippen molar-refractivity contribution in [2.24, 2.45) is 5.92 Å². The second kappa shape index (κ2) is 7.45. The van der Waals surface area contributed by atoms with Gasteiger partial charge in [0.05, 0.1) is 18.3 Å². The number of carbonyl (C=O) groups excluding carboxylic acids is 1. The minimum Gasteiger partial charge on any atom is -0.447 e. The maximum absolute atomic E-state index is 14.3. The molecule has 2 atom stereocenters. The maximum atomic E-state index is 14.3. The van der Waals surface area contributed by atoms with Crippen molar-refractivity contribution in [3.05, 3.63) is 46.9 Å². The van der Waals surface area contributed by atoms with Crippen LogP contribution in [0.3, 0.4) is 0 Å². The monoisotopic (exact) mass is 378 g/mol. The Morgan fingerprint density at radius 3 is 2.65 bits per heavy atom. The molecule has 0 bridgehead atoms. The first kappa shape index (κ1) is 18.4. The first-order valence-electron chi connectivity index (χ1n) is 8.37. The summed E-state index contributed by atoms with van der Waals surface area (Å²) in [6, 6.07) is 6.96. The zero-order valence-corrected chi connectivity index (χ0v) is 15.5. The van der Waals surface area contributed by atoms with Gasteiger partial charge in [-0.1, -0.05) is 37.6 Å². The van der Waals surface area contributed by atoms with Gasteiger partial charge in [-0.3, -0.25) is 4.90 Å². The van der Waals surface area contributed by atoms with Crippen molar-refractivity contribution in [3.8, 4) is 0 Å². The molecule has 6 nitrogen and oxygen atoms in total. The van der Waals surface area contributed by atoms with Crippen LogP contribution in [-0.4, -0.2) is 28.7 Å². The van der Waals surface area contributed by atoms with Crippen molar-refractivity contribution < 1.29 is 13.9 Å². The van der Waals surface area contributed by atoms with E-state index in [9.17, 15) is 9.18 Å². The summed E-state index contributed by atoms with van der Waals surface area (Å²) in [5, 5.41) is 3.76. The van der Waals surface area contributed by atoms with Gasteiger partial charge in [-0.05, 0) is 30.5 Å². The lowest BCUT2D eigenvalue weighted by Gasteiger charge is -2.24. The average molecular weight is 379 g/mol. The van der Waals surface area contributed by atoms with Crippen LogP contribution in [0.4, 0.5) is 21.0 Å². The molecule has 1 amide bonds. The summed E-state index contributed by atoms with van der Waals surface area (Å²) in [5.41, 5.74) is 0.976. The Morgan fingerprint density at radius 1 is 1.31 bits per heavy atom. The number of hydrogen-bond acceptors (Lipinski definition) is 5. The predicted molar refractivity (Wildman–Crippen MR) is 97.9 cm³/mol. The number of amides is 1. The Kier molecular flexibility index (Phi) is 5.27. The highest BCUT2D eigenvalue weighted by molar-refractivity contribution is 6.30. The van der Waals surface area contributed by atoms with Crippen LogP contribution >= 0.6 is 11.6 Å². The first-order valence-corrected chi connectivity index (χ1v) is 8.75. The number of cyclic esters (lactones) is 1. The molecule has 1 fully saturated rings. The molecule has 3 rings (SSSR count). The molecule has 1 aromatic carbocycles. The minimum absolute atomic E-state index is 0.0768. The van der Waals surface area contributed by atoms with Gasteiger partial charge in [-0.15, -0.1) is 0 Å².